The molecule has 0 bridgehead atoms. The second-order valence-corrected chi connectivity index (χ2v) is 4.96. The Morgan fingerprint density at radius 1 is 1.21 bits per heavy atom. The average molecular weight is 197 g/mol. The highest BCUT2D eigenvalue weighted by atomic mass is 16.3. The number of unbranched alkanes of at least 4 members (excludes halogenated alkanes) is 1. The van der Waals surface area contributed by atoms with Gasteiger partial charge in [-0.3, -0.25) is 4.90 Å². The van der Waals surface area contributed by atoms with E-state index < -0.39 is 0 Å². The van der Waals surface area contributed by atoms with Crippen LogP contribution in [0, 0.1) is 0 Å². The molecular formula is C12H23NO. The monoisotopic (exact) mass is 197 g/mol. The van der Waals surface area contributed by atoms with E-state index in [1.54, 1.807) is 0 Å². The van der Waals surface area contributed by atoms with Gasteiger partial charge in [0.2, 0.25) is 0 Å². The van der Waals surface area contributed by atoms with Crippen LogP contribution in [0.5, 0.6) is 0 Å². The molecule has 2 nitrogen and oxygen atoms in total. The molecule has 0 aromatic heterocycles. The summed E-state index contributed by atoms with van der Waals surface area (Å²) in [5.74, 6) is 0. The van der Waals surface area contributed by atoms with Gasteiger partial charge in [-0.15, -0.1) is 0 Å². The van der Waals surface area contributed by atoms with Crippen LogP contribution >= 0.6 is 0 Å². The van der Waals surface area contributed by atoms with E-state index in [4.69, 9.17) is 0 Å². The lowest BCUT2D eigenvalue weighted by molar-refractivity contribution is 0.0339. The maximum absolute atomic E-state index is 9.66. The highest BCUT2D eigenvalue weighted by molar-refractivity contribution is 4.92. The Balaban J connectivity index is 1.87. The summed E-state index contributed by atoms with van der Waals surface area (Å²) in [6.07, 6.45) is 8.96. The third-order valence-electron chi connectivity index (χ3n) is 3.92. The third-order valence-corrected chi connectivity index (χ3v) is 3.92. The topological polar surface area (TPSA) is 23.5 Å². The minimum atomic E-state index is -0.0477. The van der Waals surface area contributed by atoms with Crippen LogP contribution < -0.4 is 0 Å². The molecule has 2 fully saturated rings. The zero-order chi connectivity index (χ0) is 9.97. The number of fused-ring (bicyclic) bond motifs is 1. The highest BCUT2D eigenvalue weighted by Gasteiger charge is 2.36. The van der Waals surface area contributed by atoms with Gasteiger partial charge in [0.05, 0.1) is 6.10 Å². The smallest absolute Gasteiger partial charge is 0.0667 e. The van der Waals surface area contributed by atoms with Crippen LogP contribution in [0.2, 0.25) is 0 Å². The van der Waals surface area contributed by atoms with E-state index in [2.05, 4.69) is 11.8 Å². The fourth-order valence-electron chi connectivity index (χ4n) is 3.09. The van der Waals surface area contributed by atoms with Gasteiger partial charge in [0, 0.05) is 18.6 Å². The molecule has 0 amide bonds. The molecule has 0 aromatic carbocycles. The van der Waals surface area contributed by atoms with Gasteiger partial charge in [-0.2, -0.15) is 0 Å². The largest absolute Gasteiger partial charge is 0.392 e. The van der Waals surface area contributed by atoms with Gasteiger partial charge in [0.15, 0.2) is 0 Å². The Morgan fingerprint density at radius 3 is 2.79 bits per heavy atom. The Labute approximate surface area is 87.3 Å². The molecule has 0 aliphatic carbocycles. The fraction of sp³-hybridized carbons (Fsp3) is 1.00. The van der Waals surface area contributed by atoms with Gasteiger partial charge in [-0.1, -0.05) is 19.8 Å². The molecule has 2 saturated heterocycles. The Kier molecular flexibility index (Phi) is 3.45. The number of aliphatic hydroxyl groups is 1. The number of hydrogen-bond donors (Lipinski definition) is 1. The summed E-state index contributed by atoms with van der Waals surface area (Å²) in [6, 6.07) is 1.59. The Morgan fingerprint density at radius 2 is 2.00 bits per heavy atom. The summed E-state index contributed by atoms with van der Waals surface area (Å²) in [6.45, 7) is 3.20. The van der Waals surface area contributed by atoms with Crippen molar-refractivity contribution in [3.63, 3.8) is 0 Å². The van der Waals surface area contributed by atoms with Crippen LogP contribution in [0.1, 0.15) is 51.9 Å². The zero-order valence-corrected chi connectivity index (χ0v) is 9.28. The number of rotatable bonds is 3. The van der Waals surface area contributed by atoms with Gasteiger partial charge in [0.25, 0.3) is 0 Å². The van der Waals surface area contributed by atoms with Gasteiger partial charge in [0.1, 0.15) is 0 Å². The van der Waals surface area contributed by atoms with Gasteiger partial charge < -0.3 is 5.11 Å². The van der Waals surface area contributed by atoms with Crippen LogP contribution in [0.25, 0.3) is 0 Å². The summed E-state index contributed by atoms with van der Waals surface area (Å²) >= 11 is 0. The maximum atomic E-state index is 9.66. The van der Waals surface area contributed by atoms with E-state index >= 15 is 0 Å². The van der Waals surface area contributed by atoms with E-state index in [1.807, 2.05) is 0 Å². The third kappa shape index (κ3) is 2.12. The Hall–Kier alpha value is -0.0800. The molecule has 3 atom stereocenters. The lowest BCUT2D eigenvalue weighted by atomic mass is 10.0. The summed E-state index contributed by atoms with van der Waals surface area (Å²) < 4.78 is 0. The molecule has 2 aliphatic rings. The lowest BCUT2D eigenvalue weighted by Gasteiger charge is -2.36. The van der Waals surface area contributed by atoms with Crippen molar-refractivity contribution < 1.29 is 5.11 Å². The minimum absolute atomic E-state index is 0.0477. The standard InChI is InChI=1S/C12H23NO/c1-2-3-4-10-5-6-11-7-8-12(14)9-13(10)11/h10-12,14H,2-9H2,1H3. The molecule has 0 radical (unpaired) electrons. The van der Waals surface area contributed by atoms with Crippen molar-refractivity contribution in [3.05, 3.63) is 0 Å². The normalized spacial score (nSPS) is 38.6. The van der Waals surface area contributed by atoms with Crippen molar-refractivity contribution in [2.24, 2.45) is 0 Å². The van der Waals surface area contributed by atoms with Crippen LogP contribution in [0.3, 0.4) is 0 Å². The molecule has 14 heavy (non-hydrogen) atoms. The number of piperidine rings is 1. The predicted octanol–water partition coefficient (Wildman–Crippen LogP) is 2.16. The van der Waals surface area contributed by atoms with Crippen LogP contribution in [0.15, 0.2) is 0 Å². The fourth-order valence-corrected chi connectivity index (χ4v) is 3.09. The first kappa shape index (κ1) is 10.4. The molecule has 2 heteroatoms. The molecule has 3 unspecified atom stereocenters. The molecule has 0 saturated carbocycles. The van der Waals surface area contributed by atoms with Crippen molar-refractivity contribution in [1.82, 2.24) is 4.90 Å². The van der Waals surface area contributed by atoms with Crippen LogP contribution in [-0.2, 0) is 0 Å². The van der Waals surface area contributed by atoms with E-state index in [1.165, 1.54) is 38.5 Å². The molecule has 82 valence electrons. The molecule has 0 aromatic rings. The predicted molar refractivity (Wildman–Crippen MR) is 58.3 cm³/mol. The molecular weight excluding hydrogens is 174 g/mol. The molecule has 2 heterocycles. The number of hydrogen-bond acceptors (Lipinski definition) is 2. The minimum Gasteiger partial charge on any atom is -0.392 e. The van der Waals surface area contributed by atoms with Crippen LogP contribution in [-0.4, -0.2) is 34.7 Å². The van der Waals surface area contributed by atoms with E-state index in [-0.39, 0.29) is 6.10 Å². The van der Waals surface area contributed by atoms with Crippen molar-refractivity contribution in [1.29, 1.82) is 0 Å². The van der Waals surface area contributed by atoms with Gasteiger partial charge in [-0.25, -0.2) is 0 Å². The second-order valence-electron chi connectivity index (χ2n) is 4.96. The summed E-state index contributed by atoms with van der Waals surface area (Å²) in [7, 11) is 0. The lowest BCUT2D eigenvalue weighted by Crippen LogP contribution is -2.45. The van der Waals surface area contributed by atoms with E-state index in [0.29, 0.717) is 0 Å². The maximum Gasteiger partial charge on any atom is 0.0667 e. The molecule has 0 spiro atoms. The van der Waals surface area contributed by atoms with Crippen molar-refractivity contribution in [2.75, 3.05) is 6.54 Å². The Bertz CT molecular complexity index is 183. The molecule has 2 aliphatic heterocycles. The van der Waals surface area contributed by atoms with E-state index in [0.717, 1.165) is 25.0 Å². The summed E-state index contributed by atoms with van der Waals surface area (Å²) in [5.41, 5.74) is 0. The quantitative estimate of drug-likeness (QED) is 0.749. The highest BCUT2D eigenvalue weighted by Crippen LogP contribution is 2.33. The first-order valence-corrected chi connectivity index (χ1v) is 6.25. The average Bonchev–Trinajstić information content (AvgIpc) is 2.57. The first-order valence-electron chi connectivity index (χ1n) is 6.25. The summed E-state index contributed by atoms with van der Waals surface area (Å²) in [4.78, 5) is 2.59. The molecule has 2 rings (SSSR count). The van der Waals surface area contributed by atoms with Crippen molar-refractivity contribution >= 4 is 0 Å². The van der Waals surface area contributed by atoms with Gasteiger partial charge >= 0.3 is 0 Å². The van der Waals surface area contributed by atoms with Crippen LogP contribution in [0.4, 0.5) is 0 Å². The number of nitrogens with zero attached hydrogens (tertiary/aromatic N) is 1. The molecule has 1 N–H and O–H groups in total. The van der Waals surface area contributed by atoms with Crippen molar-refractivity contribution in [3.8, 4) is 0 Å². The zero-order valence-electron chi connectivity index (χ0n) is 9.28. The SMILES string of the molecule is CCCCC1CCC2CCC(O)CN12. The number of aliphatic hydroxyl groups excluding tert-OH is 1. The van der Waals surface area contributed by atoms with Crippen molar-refractivity contribution in [2.45, 2.75) is 70.1 Å². The summed E-state index contributed by atoms with van der Waals surface area (Å²) in [5, 5.41) is 9.66. The van der Waals surface area contributed by atoms with Gasteiger partial charge in [-0.05, 0) is 32.1 Å². The first-order chi connectivity index (χ1) is 6.81. The second kappa shape index (κ2) is 4.63. The van der Waals surface area contributed by atoms with E-state index in [9.17, 15) is 5.11 Å².